The number of rotatable bonds is 8. The van der Waals surface area contributed by atoms with Crippen molar-refractivity contribution in [3.63, 3.8) is 0 Å². The zero-order valence-corrected chi connectivity index (χ0v) is 19.5. The average Bonchev–Trinajstić information content (AvgIpc) is 3.12. The molecule has 0 aromatic heterocycles. The fourth-order valence-corrected chi connectivity index (χ4v) is 5.32. The molecule has 180 valence electrons. The van der Waals surface area contributed by atoms with Crippen LogP contribution in [0.25, 0.3) is 11.1 Å². The summed E-state index contributed by atoms with van der Waals surface area (Å²) in [4.78, 5) is 36.0. The summed E-state index contributed by atoms with van der Waals surface area (Å²) in [6, 6.07) is 15.9. The highest BCUT2D eigenvalue weighted by molar-refractivity contribution is 5.79. The lowest BCUT2D eigenvalue weighted by Crippen LogP contribution is -2.45. The van der Waals surface area contributed by atoms with Gasteiger partial charge in [0.2, 0.25) is 5.91 Å². The normalized spacial score (nSPS) is 20.0. The van der Waals surface area contributed by atoms with Crippen LogP contribution >= 0.6 is 0 Å². The Labute approximate surface area is 199 Å². The zero-order chi connectivity index (χ0) is 24.1. The van der Waals surface area contributed by atoms with Gasteiger partial charge in [-0.25, -0.2) is 4.79 Å². The number of hydrogen-bond acceptors (Lipinski definition) is 4. The molecular weight excluding hydrogens is 432 g/mol. The van der Waals surface area contributed by atoms with Crippen molar-refractivity contribution in [2.24, 2.45) is 5.92 Å². The van der Waals surface area contributed by atoms with Gasteiger partial charge in [-0.2, -0.15) is 0 Å². The molecular formula is C27H32N2O5. The van der Waals surface area contributed by atoms with E-state index in [1.165, 1.54) is 22.3 Å². The van der Waals surface area contributed by atoms with E-state index in [4.69, 9.17) is 9.84 Å². The van der Waals surface area contributed by atoms with Gasteiger partial charge >= 0.3 is 12.1 Å². The van der Waals surface area contributed by atoms with Crippen molar-refractivity contribution in [3.05, 3.63) is 59.7 Å². The average molecular weight is 465 g/mol. The Balaban J connectivity index is 1.33. The molecule has 0 aliphatic heterocycles. The van der Waals surface area contributed by atoms with Crippen LogP contribution in [-0.2, 0) is 14.3 Å². The second kappa shape index (κ2) is 10.7. The molecule has 1 unspecified atom stereocenters. The molecule has 4 rings (SSSR count). The Kier molecular flexibility index (Phi) is 7.50. The van der Waals surface area contributed by atoms with Crippen LogP contribution in [0.3, 0.4) is 0 Å². The van der Waals surface area contributed by atoms with Crippen LogP contribution < -0.4 is 10.6 Å². The first-order chi connectivity index (χ1) is 16.4. The number of carbonyl (C=O) groups is 3. The van der Waals surface area contributed by atoms with E-state index in [1.807, 2.05) is 24.3 Å². The van der Waals surface area contributed by atoms with E-state index in [1.54, 1.807) is 6.92 Å². The van der Waals surface area contributed by atoms with Crippen LogP contribution in [0.15, 0.2) is 48.5 Å². The summed E-state index contributed by atoms with van der Waals surface area (Å²) < 4.78 is 5.69. The lowest BCUT2D eigenvalue weighted by Gasteiger charge is -2.32. The maximum absolute atomic E-state index is 12.7. The maximum atomic E-state index is 12.7. The number of carboxylic acid groups (broad SMARTS) is 1. The number of aliphatic carboxylic acids is 1. The molecule has 7 heteroatoms. The Morgan fingerprint density at radius 3 is 2.26 bits per heavy atom. The minimum absolute atomic E-state index is 0.00167. The zero-order valence-electron chi connectivity index (χ0n) is 19.5. The van der Waals surface area contributed by atoms with Gasteiger partial charge in [0.15, 0.2) is 0 Å². The summed E-state index contributed by atoms with van der Waals surface area (Å²) >= 11 is 0. The molecule has 0 saturated heterocycles. The molecule has 2 aliphatic carbocycles. The van der Waals surface area contributed by atoms with Gasteiger partial charge in [0.1, 0.15) is 6.61 Å². The van der Waals surface area contributed by atoms with E-state index in [9.17, 15) is 14.4 Å². The van der Waals surface area contributed by atoms with Crippen LogP contribution in [0.1, 0.15) is 62.5 Å². The molecule has 2 aromatic carbocycles. The third kappa shape index (κ3) is 5.58. The van der Waals surface area contributed by atoms with Gasteiger partial charge in [-0.05, 0) is 47.9 Å². The van der Waals surface area contributed by atoms with Gasteiger partial charge < -0.3 is 20.5 Å². The highest BCUT2D eigenvalue weighted by Gasteiger charge is 2.31. The smallest absolute Gasteiger partial charge is 0.407 e. The predicted molar refractivity (Wildman–Crippen MR) is 128 cm³/mol. The van der Waals surface area contributed by atoms with Crippen molar-refractivity contribution in [2.45, 2.75) is 63.5 Å². The van der Waals surface area contributed by atoms with E-state index < -0.39 is 18.1 Å². The Morgan fingerprint density at radius 1 is 1.00 bits per heavy atom. The van der Waals surface area contributed by atoms with Crippen LogP contribution in [0.5, 0.6) is 0 Å². The molecule has 7 nitrogen and oxygen atoms in total. The molecule has 2 amide bonds. The number of hydrogen-bond donors (Lipinski definition) is 3. The summed E-state index contributed by atoms with van der Waals surface area (Å²) in [5.74, 6) is -1.12. The molecule has 3 N–H and O–H groups in total. The van der Waals surface area contributed by atoms with Crippen LogP contribution in [0.2, 0.25) is 0 Å². The quantitative estimate of drug-likeness (QED) is 0.535. The first kappa shape index (κ1) is 23.8. The van der Waals surface area contributed by atoms with Crippen molar-refractivity contribution < 1.29 is 24.2 Å². The van der Waals surface area contributed by atoms with Crippen LogP contribution in [0, 0.1) is 5.92 Å². The topological polar surface area (TPSA) is 105 Å². The van der Waals surface area contributed by atoms with Crippen molar-refractivity contribution in [3.8, 4) is 11.1 Å². The van der Waals surface area contributed by atoms with E-state index in [-0.39, 0.29) is 43.2 Å². The number of alkyl carbamates (subject to hydrolysis) is 1. The Hall–Kier alpha value is -3.35. The molecule has 1 saturated carbocycles. The van der Waals surface area contributed by atoms with Crippen LogP contribution in [-0.4, -0.2) is 41.8 Å². The van der Waals surface area contributed by atoms with Gasteiger partial charge in [-0.3, -0.25) is 9.59 Å². The number of nitrogens with one attached hydrogen (secondary N) is 2. The first-order valence-electron chi connectivity index (χ1n) is 12.0. The van der Waals surface area contributed by atoms with E-state index >= 15 is 0 Å². The van der Waals surface area contributed by atoms with Gasteiger partial charge in [0.05, 0.1) is 6.42 Å². The molecule has 0 bridgehead atoms. The standard InChI is InChI=1S/C27H32N2O5/c1-17(14-26(31)32)28-25(30)15-18-8-2-7-13-24(18)29-27(33)34-16-23-21-11-5-3-9-19(21)20-10-4-6-12-22(20)23/h3-6,9-12,17-18,23-24H,2,7-8,13-16H2,1H3,(H,28,30)(H,29,33)(H,31,32)/t17?,18-,24-/m1/s1. The Bertz CT molecular complexity index is 1010. The highest BCUT2D eigenvalue weighted by Crippen LogP contribution is 2.44. The number of carboxylic acids is 1. The summed E-state index contributed by atoms with van der Waals surface area (Å²) in [6.07, 6.45) is 3.32. The van der Waals surface area contributed by atoms with Crippen molar-refractivity contribution in [1.29, 1.82) is 0 Å². The van der Waals surface area contributed by atoms with E-state index in [0.29, 0.717) is 0 Å². The minimum Gasteiger partial charge on any atom is -0.481 e. The molecule has 2 aliphatic rings. The van der Waals surface area contributed by atoms with Gasteiger partial charge in [-0.1, -0.05) is 61.4 Å². The molecule has 0 spiro atoms. The lowest BCUT2D eigenvalue weighted by atomic mass is 9.82. The number of fused-ring (bicyclic) bond motifs is 3. The molecule has 3 atom stereocenters. The monoisotopic (exact) mass is 464 g/mol. The van der Waals surface area contributed by atoms with E-state index in [0.717, 1.165) is 25.7 Å². The van der Waals surface area contributed by atoms with Crippen molar-refractivity contribution in [1.82, 2.24) is 10.6 Å². The SMILES string of the molecule is CC(CC(=O)O)NC(=O)C[C@H]1CCCC[C@H]1NC(=O)OCC1c2ccccc2-c2ccccc21. The second-order valence-corrected chi connectivity index (χ2v) is 9.39. The molecule has 34 heavy (non-hydrogen) atoms. The largest absolute Gasteiger partial charge is 0.481 e. The maximum Gasteiger partial charge on any atom is 0.407 e. The fourth-order valence-electron chi connectivity index (χ4n) is 5.32. The Morgan fingerprint density at radius 2 is 1.62 bits per heavy atom. The lowest BCUT2D eigenvalue weighted by molar-refractivity contribution is -0.137. The number of carbonyl (C=O) groups excluding carboxylic acids is 2. The minimum atomic E-state index is -0.944. The van der Waals surface area contributed by atoms with Gasteiger partial charge in [0.25, 0.3) is 0 Å². The molecule has 1 fully saturated rings. The molecule has 0 radical (unpaired) electrons. The second-order valence-electron chi connectivity index (χ2n) is 9.39. The van der Waals surface area contributed by atoms with Crippen molar-refractivity contribution in [2.75, 3.05) is 6.61 Å². The number of ether oxygens (including phenoxy) is 1. The summed E-state index contributed by atoms with van der Waals surface area (Å²) in [5, 5.41) is 14.6. The summed E-state index contributed by atoms with van der Waals surface area (Å²) in [7, 11) is 0. The van der Waals surface area contributed by atoms with Gasteiger partial charge in [0, 0.05) is 24.4 Å². The fraction of sp³-hybridized carbons (Fsp3) is 0.444. The van der Waals surface area contributed by atoms with E-state index in [2.05, 4.69) is 34.9 Å². The van der Waals surface area contributed by atoms with Crippen LogP contribution in [0.4, 0.5) is 4.79 Å². The number of benzene rings is 2. The van der Waals surface area contributed by atoms with Gasteiger partial charge in [-0.15, -0.1) is 0 Å². The number of amides is 2. The van der Waals surface area contributed by atoms with Crippen molar-refractivity contribution >= 4 is 18.0 Å². The third-order valence-electron chi connectivity index (χ3n) is 6.89. The predicted octanol–water partition coefficient (Wildman–Crippen LogP) is 4.45. The molecule has 2 aromatic rings. The summed E-state index contributed by atoms with van der Waals surface area (Å²) in [6.45, 7) is 1.93. The first-order valence-corrected chi connectivity index (χ1v) is 12.0. The highest BCUT2D eigenvalue weighted by atomic mass is 16.5. The molecule has 0 heterocycles. The summed E-state index contributed by atoms with van der Waals surface area (Å²) in [5.41, 5.74) is 4.70. The third-order valence-corrected chi connectivity index (χ3v) is 6.89.